The van der Waals surface area contributed by atoms with Crippen LogP contribution in [-0.2, 0) is 9.47 Å². The smallest absolute Gasteiger partial charge is 0.0664 e. The van der Waals surface area contributed by atoms with Gasteiger partial charge in [-0.2, -0.15) is 0 Å². The van der Waals surface area contributed by atoms with Gasteiger partial charge < -0.3 is 9.47 Å². The van der Waals surface area contributed by atoms with Gasteiger partial charge in [0.1, 0.15) is 0 Å². The predicted molar refractivity (Wildman–Crippen MR) is 49.1 cm³/mol. The fourth-order valence-corrected chi connectivity index (χ4v) is 1.92. The largest absolute Gasteiger partial charge is 0.384 e. The van der Waals surface area contributed by atoms with E-state index in [1.54, 1.807) is 14.2 Å². The van der Waals surface area contributed by atoms with Gasteiger partial charge in [0.05, 0.1) is 12.7 Å². The van der Waals surface area contributed by atoms with Crippen molar-refractivity contribution >= 4 is 0 Å². The summed E-state index contributed by atoms with van der Waals surface area (Å²) in [4.78, 5) is 0. The Morgan fingerprint density at radius 3 is 2.67 bits per heavy atom. The first kappa shape index (κ1) is 9.75. The van der Waals surface area contributed by atoms with E-state index in [9.17, 15) is 0 Å². The summed E-state index contributed by atoms with van der Waals surface area (Å²) < 4.78 is 10.5. The molecule has 0 aromatic carbocycles. The molecule has 1 aliphatic rings. The molecule has 12 heavy (non-hydrogen) atoms. The minimum Gasteiger partial charge on any atom is -0.384 e. The minimum absolute atomic E-state index is 0.312. The van der Waals surface area contributed by atoms with Crippen LogP contribution < -0.4 is 0 Å². The average molecular weight is 170 g/mol. The fourth-order valence-electron chi connectivity index (χ4n) is 1.92. The van der Waals surface area contributed by atoms with Crippen molar-refractivity contribution in [2.45, 2.75) is 19.4 Å². The molecule has 1 rings (SSSR count). The van der Waals surface area contributed by atoms with Crippen molar-refractivity contribution in [3.8, 4) is 0 Å². The number of methoxy groups -OCH3 is 2. The van der Waals surface area contributed by atoms with Crippen molar-refractivity contribution < 1.29 is 9.47 Å². The Hall–Kier alpha value is -0.340. The first-order valence-corrected chi connectivity index (χ1v) is 4.41. The Labute approximate surface area is 74.6 Å². The summed E-state index contributed by atoms with van der Waals surface area (Å²) in [7, 11) is 3.49. The van der Waals surface area contributed by atoms with Crippen LogP contribution in [0.25, 0.3) is 0 Å². The molecule has 0 heterocycles. The monoisotopic (exact) mass is 170 g/mol. The molecule has 2 nitrogen and oxygen atoms in total. The maximum Gasteiger partial charge on any atom is 0.0664 e. The predicted octanol–water partition coefficient (Wildman–Crippen LogP) is 1.86. The zero-order valence-electron chi connectivity index (χ0n) is 8.17. The van der Waals surface area contributed by atoms with Crippen LogP contribution in [0.2, 0.25) is 0 Å². The van der Waals surface area contributed by atoms with Gasteiger partial charge in [-0.3, -0.25) is 0 Å². The molecule has 0 radical (unpaired) electrons. The van der Waals surface area contributed by atoms with Crippen molar-refractivity contribution in [3.05, 3.63) is 12.2 Å². The molecule has 0 saturated heterocycles. The zero-order valence-corrected chi connectivity index (χ0v) is 8.17. The normalized spacial score (nSPS) is 35.9. The van der Waals surface area contributed by atoms with Crippen molar-refractivity contribution in [1.82, 2.24) is 0 Å². The zero-order chi connectivity index (χ0) is 9.14. The lowest BCUT2D eigenvalue weighted by atomic mass is 10.0. The van der Waals surface area contributed by atoms with E-state index in [0.29, 0.717) is 17.9 Å². The van der Waals surface area contributed by atoms with Crippen LogP contribution in [-0.4, -0.2) is 26.9 Å². The lowest BCUT2D eigenvalue weighted by molar-refractivity contribution is 0.0414. The molecule has 0 bridgehead atoms. The highest BCUT2D eigenvalue weighted by molar-refractivity contribution is 5.14. The van der Waals surface area contributed by atoms with Gasteiger partial charge in [-0.25, -0.2) is 0 Å². The van der Waals surface area contributed by atoms with Gasteiger partial charge in [0.25, 0.3) is 0 Å². The molecule has 3 atom stereocenters. The van der Waals surface area contributed by atoms with Crippen LogP contribution in [0.15, 0.2) is 12.2 Å². The summed E-state index contributed by atoms with van der Waals surface area (Å²) in [5, 5.41) is 0. The summed E-state index contributed by atoms with van der Waals surface area (Å²) in [5.74, 6) is 0.977. The van der Waals surface area contributed by atoms with Gasteiger partial charge in [-0.05, 0) is 12.3 Å². The summed E-state index contributed by atoms with van der Waals surface area (Å²) in [5.41, 5.74) is 1.28. The molecule has 0 aromatic rings. The molecule has 1 saturated carbocycles. The number of rotatable bonds is 3. The molecule has 0 aromatic heterocycles. The van der Waals surface area contributed by atoms with Gasteiger partial charge in [0, 0.05) is 20.1 Å². The number of hydrogen-bond donors (Lipinski definition) is 0. The maximum atomic E-state index is 5.38. The Bertz CT molecular complexity index is 165. The number of ether oxygens (including phenoxy) is 2. The molecule has 70 valence electrons. The van der Waals surface area contributed by atoms with Crippen LogP contribution in [0.5, 0.6) is 0 Å². The molecule has 0 aliphatic heterocycles. The first-order chi connectivity index (χ1) is 5.70. The third-order valence-corrected chi connectivity index (χ3v) is 2.79. The molecule has 1 fully saturated rings. The van der Waals surface area contributed by atoms with Crippen molar-refractivity contribution in [3.63, 3.8) is 0 Å². The van der Waals surface area contributed by atoms with E-state index >= 15 is 0 Å². The van der Waals surface area contributed by atoms with Crippen LogP contribution in [0.1, 0.15) is 13.3 Å². The van der Waals surface area contributed by atoms with E-state index in [0.717, 1.165) is 13.0 Å². The third-order valence-electron chi connectivity index (χ3n) is 2.79. The van der Waals surface area contributed by atoms with E-state index < -0.39 is 0 Å². The molecule has 2 heteroatoms. The molecular formula is C10H18O2. The molecule has 1 aliphatic carbocycles. The second-order valence-corrected chi connectivity index (χ2v) is 3.55. The molecule has 0 amide bonds. The molecular weight excluding hydrogens is 152 g/mol. The van der Waals surface area contributed by atoms with E-state index in [2.05, 4.69) is 13.5 Å². The average Bonchev–Trinajstić information content (AvgIpc) is 2.33. The van der Waals surface area contributed by atoms with Crippen LogP contribution >= 0.6 is 0 Å². The highest BCUT2D eigenvalue weighted by atomic mass is 16.5. The van der Waals surface area contributed by atoms with Gasteiger partial charge in [0.15, 0.2) is 0 Å². The second-order valence-electron chi connectivity index (χ2n) is 3.55. The van der Waals surface area contributed by atoms with Crippen LogP contribution in [0.3, 0.4) is 0 Å². The minimum atomic E-state index is 0.312. The van der Waals surface area contributed by atoms with Gasteiger partial charge in [-0.1, -0.05) is 19.1 Å². The van der Waals surface area contributed by atoms with E-state index in [1.165, 1.54) is 5.57 Å². The van der Waals surface area contributed by atoms with Crippen molar-refractivity contribution in [2.75, 3.05) is 20.8 Å². The third kappa shape index (κ3) is 1.70. The lowest BCUT2D eigenvalue weighted by Gasteiger charge is -2.17. The lowest BCUT2D eigenvalue weighted by Crippen LogP contribution is -2.21. The van der Waals surface area contributed by atoms with E-state index in [1.807, 2.05) is 0 Å². The summed E-state index contributed by atoms with van der Waals surface area (Å²) >= 11 is 0. The van der Waals surface area contributed by atoms with E-state index in [4.69, 9.17) is 9.47 Å². The Morgan fingerprint density at radius 2 is 2.17 bits per heavy atom. The second kappa shape index (κ2) is 4.06. The van der Waals surface area contributed by atoms with Gasteiger partial charge >= 0.3 is 0 Å². The van der Waals surface area contributed by atoms with Crippen molar-refractivity contribution in [2.24, 2.45) is 11.8 Å². The van der Waals surface area contributed by atoms with Crippen LogP contribution in [0.4, 0.5) is 0 Å². The van der Waals surface area contributed by atoms with Gasteiger partial charge in [-0.15, -0.1) is 0 Å². The maximum absolute atomic E-state index is 5.38. The molecule has 0 spiro atoms. The topological polar surface area (TPSA) is 18.5 Å². The standard InChI is InChI=1S/C10H18O2/c1-7-5-10(12-4)9(6-11-3)8(7)2/h7,9-10H,2,5-6H2,1,3-4H3/t7-,9+,10+/m1/s1. The Balaban J connectivity index is 2.60. The van der Waals surface area contributed by atoms with Crippen molar-refractivity contribution in [1.29, 1.82) is 0 Å². The highest BCUT2D eigenvalue weighted by Crippen LogP contribution is 2.36. The Morgan fingerprint density at radius 1 is 1.50 bits per heavy atom. The van der Waals surface area contributed by atoms with Gasteiger partial charge in [0.2, 0.25) is 0 Å². The molecule has 0 N–H and O–H groups in total. The summed E-state index contributed by atoms with van der Waals surface area (Å²) in [6.45, 7) is 7.01. The highest BCUT2D eigenvalue weighted by Gasteiger charge is 2.35. The first-order valence-electron chi connectivity index (χ1n) is 4.41. The Kier molecular flexibility index (Phi) is 3.29. The SMILES string of the molecule is C=C1[C@H](C)C[C@H](OC)[C@H]1COC. The fraction of sp³-hybridized carbons (Fsp3) is 0.800. The van der Waals surface area contributed by atoms with Crippen LogP contribution in [0, 0.1) is 11.8 Å². The molecule has 0 unspecified atom stereocenters. The number of hydrogen-bond acceptors (Lipinski definition) is 2. The quantitative estimate of drug-likeness (QED) is 0.602. The van der Waals surface area contributed by atoms with E-state index in [-0.39, 0.29) is 0 Å². The summed E-state index contributed by atoms with van der Waals surface area (Å²) in [6.07, 6.45) is 1.40. The summed E-state index contributed by atoms with van der Waals surface area (Å²) in [6, 6.07) is 0.